The first-order chi connectivity index (χ1) is 4.09. The van der Waals surface area contributed by atoms with Gasteiger partial charge in [-0.3, -0.25) is 9.80 Å². The molecule has 2 nitrogen and oxygen atoms in total. The quantitative estimate of drug-likeness (QED) is 0.405. The van der Waals surface area contributed by atoms with Gasteiger partial charge in [-0.2, -0.15) is 0 Å². The fraction of sp³-hybridized carbons (Fsp3) is 1.00. The van der Waals surface area contributed by atoms with E-state index in [9.17, 15) is 0 Å². The summed E-state index contributed by atoms with van der Waals surface area (Å²) < 4.78 is 0. The lowest BCUT2D eigenvalue weighted by molar-refractivity contribution is 0.148. The summed E-state index contributed by atoms with van der Waals surface area (Å²) in [5.74, 6) is 0. The Morgan fingerprint density at radius 3 is 1.44 bits per heavy atom. The van der Waals surface area contributed by atoms with E-state index in [1.807, 2.05) is 0 Å². The predicted octanol–water partition coefficient (Wildman–Crippen LogP) is 0.0225. The molecule has 0 bridgehead atoms. The molecule has 9 heavy (non-hydrogen) atoms. The Bertz CT molecular complexity index is 65.5. The number of nitrogens with zero attached hydrogens (tertiary/aromatic N) is 2. The van der Waals surface area contributed by atoms with Gasteiger partial charge in [-0.15, -0.1) is 0 Å². The Hall–Kier alpha value is 0.452. The van der Waals surface area contributed by atoms with Crippen molar-refractivity contribution < 1.29 is 0 Å². The molecule has 0 rings (SSSR count). The largest absolute Gasteiger partial charge is 0.295 e. The Morgan fingerprint density at radius 1 is 1.11 bits per heavy atom. The molecular weight excluding hydrogens is 127 g/mol. The zero-order valence-electron chi connectivity index (χ0n) is 6.76. The fourth-order valence-corrected chi connectivity index (χ4v) is 1.73. The molecule has 3 heteroatoms. The maximum atomic E-state index is 2.75. The maximum absolute atomic E-state index is 2.75. The summed E-state index contributed by atoms with van der Waals surface area (Å²) in [6.07, 6.45) is 0.551. The molecular formula is C6H15AlN2. The fourth-order valence-electron chi connectivity index (χ4n) is 0.884. The van der Waals surface area contributed by atoms with Crippen LogP contribution in [0.4, 0.5) is 0 Å². The molecule has 0 aliphatic rings. The lowest BCUT2D eigenvalue weighted by Crippen LogP contribution is -2.39. The van der Waals surface area contributed by atoms with Crippen LogP contribution in [0, 0.1) is 0 Å². The van der Waals surface area contributed by atoms with Crippen LogP contribution in [0.3, 0.4) is 0 Å². The molecule has 0 saturated heterocycles. The van der Waals surface area contributed by atoms with Gasteiger partial charge in [0.05, 0.1) is 0 Å². The van der Waals surface area contributed by atoms with Crippen LogP contribution in [-0.4, -0.2) is 60.4 Å². The lowest BCUT2D eigenvalue weighted by atomic mass is 10.5. The van der Waals surface area contributed by atoms with Crippen molar-refractivity contribution in [2.75, 3.05) is 28.2 Å². The van der Waals surface area contributed by atoms with E-state index >= 15 is 0 Å². The first-order valence-electron chi connectivity index (χ1n) is 3.12. The average molecular weight is 142 g/mol. The third-order valence-corrected chi connectivity index (χ3v) is 1.82. The van der Waals surface area contributed by atoms with Crippen LogP contribution in [-0.2, 0) is 0 Å². The monoisotopic (exact) mass is 142 g/mol. The molecule has 0 aromatic rings. The summed E-state index contributed by atoms with van der Waals surface area (Å²) in [6.45, 7) is 0. The highest BCUT2D eigenvalue weighted by Crippen LogP contribution is 1.99. The Kier molecular flexibility index (Phi) is 4.51. The van der Waals surface area contributed by atoms with Crippen molar-refractivity contribution in [3.05, 3.63) is 0 Å². The van der Waals surface area contributed by atoms with Gasteiger partial charge in [0.1, 0.15) is 16.3 Å². The number of hydrogen-bond donors (Lipinski definition) is 0. The van der Waals surface area contributed by atoms with Gasteiger partial charge in [0.25, 0.3) is 0 Å². The van der Waals surface area contributed by atoms with Gasteiger partial charge in [-0.25, -0.2) is 0 Å². The highest BCUT2D eigenvalue weighted by atomic mass is 27.0. The van der Waals surface area contributed by atoms with E-state index in [0.717, 1.165) is 5.28 Å². The van der Waals surface area contributed by atoms with E-state index < -0.39 is 0 Å². The third kappa shape index (κ3) is 3.22. The molecule has 0 spiro atoms. The molecule has 0 aliphatic heterocycles. The summed E-state index contributed by atoms with van der Waals surface area (Å²) in [5, 5.41) is 1.10. The Morgan fingerprint density at radius 2 is 1.44 bits per heavy atom. The van der Waals surface area contributed by atoms with Gasteiger partial charge in [0, 0.05) is 6.17 Å². The van der Waals surface area contributed by atoms with Gasteiger partial charge >= 0.3 is 0 Å². The summed E-state index contributed by atoms with van der Waals surface area (Å²) in [5.41, 5.74) is 0. The van der Waals surface area contributed by atoms with Crippen LogP contribution in [0.2, 0.25) is 5.28 Å². The van der Waals surface area contributed by atoms with Gasteiger partial charge in [0.15, 0.2) is 0 Å². The third-order valence-electron chi connectivity index (χ3n) is 1.40. The summed E-state index contributed by atoms with van der Waals surface area (Å²) in [6, 6.07) is 0. The second-order valence-corrected chi connectivity index (χ2v) is 3.11. The first-order valence-corrected chi connectivity index (χ1v) is 3.94. The van der Waals surface area contributed by atoms with E-state index in [0.29, 0.717) is 6.17 Å². The minimum Gasteiger partial charge on any atom is -0.295 e. The van der Waals surface area contributed by atoms with Crippen molar-refractivity contribution in [2.24, 2.45) is 0 Å². The van der Waals surface area contributed by atoms with Crippen LogP contribution in [0.25, 0.3) is 0 Å². The first kappa shape index (κ1) is 9.45. The van der Waals surface area contributed by atoms with Crippen molar-refractivity contribution in [1.29, 1.82) is 0 Å². The van der Waals surface area contributed by atoms with E-state index in [-0.39, 0.29) is 0 Å². The average Bonchev–Trinajstić information content (AvgIpc) is 1.64. The molecule has 0 aromatic carbocycles. The lowest BCUT2D eigenvalue weighted by Gasteiger charge is -2.29. The number of hydrogen-bond acceptors (Lipinski definition) is 2. The Labute approximate surface area is 66.2 Å². The minimum absolute atomic E-state index is 0.551. The maximum Gasteiger partial charge on any atom is 0.122 e. The molecule has 0 heterocycles. The van der Waals surface area contributed by atoms with Crippen molar-refractivity contribution in [3.63, 3.8) is 0 Å². The predicted molar refractivity (Wildman–Crippen MR) is 41.7 cm³/mol. The van der Waals surface area contributed by atoms with E-state index in [2.05, 4.69) is 54.3 Å². The van der Waals surface area contributed by atoms with Gasteiger partial charge in [0.2, 0.25) is 0 Å². The highest BCUT2D eigenvalue weighted by molar-refractivity contribution is 6.08. The van der Waals surface area contributed by atoms with Crippen molar-refractivity contribution in [3.8, 4) is 0 Å². The van der Waals surface area contributed by atoms with E-state index in [1.165, 1.54) is 0 Å². The molecule has 0 atom stereocenters. The molecule has 0 unspecified atom stereocenters. The van der Waals surface area contributed by atoms with Gasteiger partial charge in [-0.1, -0.05) is 5.28 Å². The van der Waals surface area contributed by atoms with Crippen LogP contribution >= 0.6 is 0 Å². The molecule has 0 aliphatic carbocycles. The van der Waals surface area contributed by atoms with Crippen molar-refractivity contribution in [1.82, 2.24) is 9.80 Å². The molecule has 0 fully saturated rings. The van der Waals surface area contributed by atoms with Crippen LogP contribution in [0.5, 0.6) is 0 Å². The normalized spacial score (nSPS) is 11.9. The van der Waals surface area contributed by atoms with Crippen molar-refractivity contribution in [2.45, 2.75) is 11.4 Å². The molecule has 2 radical (unpaired) electrons. The topological polar surface area (TPSA) is 6.48 Å². The van der Waals surface area contributed by atoms with Crippen molar-refractivity contribution >= 4 is 16.3 Å². The highest BCUT2D eigenvalue weighted by Gasteiger charge is 2.08. The zero-order chi connectivity index (χ0) is 7.44. The summed E-state index contributed by atoms with van der Waals surface area (Å²) in [7, 11) is 8.37. The second-order valence-electron chi connectivity index (χ2n) is 2.64. The smallest absolute Gasteiger partial charge is 0.122 e. The summed E-state index contributed by atoms with van der Waals surface area (Å²) >= 11 is 2.75. The van der Waals surface area contributed by atoms with Crippen LogP contribution in [0.15, 0.2) is 0 Å². The van der Waals surface area contributed by atoms with Gasteiger partial charge in [-0.05, 0) is 28.2 Å². The molecule has 0 N–H and O–H groups in total. The van der Waals surface area contributed by atoms with E-state index in [4.69, 9.17) is 0 Å². The molecule has 0 saturated carbocycles. The van der Waals surface area contributed by atoms with E-state index in [1.54, 1.807) is 0 Å². The second kappa shape index (κ2) is 4.30. The summed E-state index contributed by atoms with van der Waals surface area (Å²) in [4.78, 5) is 4.40. The van der Waals surface area contributed by atoms with Gasteiger partial charge < -0.3 is 0 Å². The molecule has 52 valence electrons. The molecule has 0 aromatic heterocycles. The SMILES string of the molecule is CN(C)C([CH2][Al])N(C)C. The molecule has 0 amide bonds. The standard InChI is InChI=1S/C6H15N2.Al/c1-6(7(2)3)8(4)5;/h6H,1H2,2-5H3;. The van der Waals surface area contributed by atoms with Crippen LogP contribution in [0.1, 0.15) is 0 Å². The zero-order valence-corrected chi connectivity index (χ0v) is 7.91. The Balaban J connectivity index is 3.68. The minimum atomic E-state index is 0.551. The van der Waals surface area contributed by atoms with Crippen LogP contribution < -0.4 is 0 Å². The number of rotatable bonds is 3.